The van der Waals surface area contributed by atoms with E-state index >= 15 is 0 Å². The maximum absolute atomic E-state index is 9.38. The van der Waals surface area contributed by atoms with E-state index in [9.17, 15) is 5.26 Å². The number of aliphatic hydroxyl groups is 1. The van der Waals surface area contributed by atoms with Crippen molar-refractivity contribution >= 4 is 31.7 Å². The van der Waals surface area contributed by atoms with Crippen LogP contribution in [0.3, 0.4) is 0 Å². The highest BCUT2D eigenvalue weighted by Crippen LogP contribution is 2.40. The second-order valence-corrected chi connectivity index (χ2v) is 21.1. The molecule has 17 heteroatoms. The Morgan fingerprint density at radius 3 is 2.00 bits per heavy atom. The summed E-state index contributed by atoms with van der Waals surface area (Å²) in [6.45, 7) is 22.8. The van der Waals surface area contributed by atoms with Crippen molar-refractivity contribution < 1.29 is 33.2 Å². The average Bonchev–Trinajstić information content (AvgIpc) is 3.24. The minimum atomic E-state index is -1.63. The molecule has 0 radical (unpaired) electrons. The van der Waals surface area contributed by atoms with Crippen LogP contribution in [0.15, 0.2) is 77.7 Å². The van der Waals surface area contributed by atoms with Crippen LogP contribution in [0.25, 0.3) is 0 Å². The molecule has 16 nitrogen and oxygen atoms in total. The number of nitrogens with one attached hydrogen (secondary N) is 2. The number of nitriles is 1. The first-order valence-electron chi connectivity index (χ1n) is 20.6. The summed E-state index contributed by atoms with van der Waals surface area (Å²) in [5.41, 5.74) is 20.3. The van der Waals surface area contributed by atoms with Crippen molar-refractivity contribution in [2.45, 2.75) is 85.4 Å². The third-order valence-electron chi connectivity index (χ3n) is 9.81. The van der Waals surface area contributed by atoms with Crippen LogP contribution in [0.1, 0.15) is 77.0 Å². The lowest BCUT2D eigenvalue weighted by molar-refractivity contribution is 0.298. The molecule has 0 atom stereocenters. The summed E-state index contributed by atoms with van der Waals surface area (Å²) in [6.07, 6.45) is 3.05. The molecule has 0 saturated carbocycles. The van der Waals surface area contributed by atoms with Crippen molar-refractivity contribution in [3.63, 3.8) is 0 Å². The molecule has 0 aliphatic heterocycles. The van der Waals surface area contributed by atoms with Gasteiger partial charge in [0, 0.05) is 29.9 Å². The quantitative estimate of drug-likeness (QED) is 0.0137. The first-order chi connectivity index (χ1) is 29.7. The van der Waals surface area contributed by atoms with Crippen molar-refractivity contribution in [3.05, 3.63) is 89.4 Å². The average molecular weight is 888 g/mol. The first-order valence-corrected chi connectivity index (χ1v) is 23.5. The number of nitrogens with two attached hydrogens (primary N) is 3. The lowest BCUT2D eigenvalue weighted by atomic mass is 9.99. The van der Waals surface area contributed by atoms with E-state index < -0.39 is 8.32 Å². The van der Waals surface area contributed by atoms with Gasteiger partial charge >= 0.3 is 0 Å². The summed E-state index contributed by atoms with van der Waals surface area (Å²) >= 11 is 0. The molecular weight excluding hydrogens is 819 g/mol. The van der Waals surface area contributed by atoms with E-state index in [2.05, 4.69) is 79.4 Å². The van der Waals surface area contributed by atoms with Crippen LogP contribution in [-0.2, 0) is 4.43 Å². The van der Waals surface area contributed by atoms with Gasteiger partial charge in [-0.05, 0) is 72.3 Å². The number of aromatic nitrogens is 2. The first kappa shape index (κ1) is 52.9. The van der Waals surface area contributed by atoms with Gasteiger partial charge in [-0.1, -0.05) is 66.7 Å². The molecule has 0 saturated heterocycles. The van der Waals surface area contributed by atoms with E-state index in [-0.39, 0.29) is 41.0 Å². The Balaban J connectivity index is 0.000000339. The lowest BCUT2D eigenvalue weighted by Gasteiger charge is -2.35. The Labute approximate surface area is 375 Å². The number of aliphatic hydroxyl groups excluding tert-OH is 1. The fraction of sp³-hybridized carbons (Fsp3) is 0.435. The number of allylic oxidation sites excluding steroid dienone is 1. The van der Waals surface area contributed by atoms with Crippen molar-refractivity contribution in [1.29, 1.82) is 5.26 Å². The molecule has 344 valence electrons. The zero-order valence-electron chi connectivity index (χ0n) is 39.3. The van der Waals surface area contributed by atoms with Crippen molar-refractivity contribution in [2.75, 3.05) is 64.0 Å². The molecule has 0 bridgehead atoms. The normalized spacial score (nSPS) is 11.3. The molecule has 4 aromatic rings. The van der Waals surface area contributed by atoms with Gasteiger partial charge in [0.1, 0.15) is 23.3 Å². The number of methoxy groups -OCH3 is 3. The molecule has 4 rings (SSSR count). The highest BCUT2D eigenvalue weighted by Gasteiger charge is 2.36. The standard InChI is InChI=1S/C20H22N2O3.C17H24N4O3.C9H23N3OSi/c1-14(2)17-10-19(23-3)20(24-4)11-18(17)25-16(12-21)13-22-15-8-6-5-7-9-15;1-10(2)12-7-11(3)13(23-4)8-14(12)24-15-9-20-17(19-5-6-22)21-16(15)18;1-9(2,3)14(4,5)13-7-6-12-8(10)11/h5-11,13-14,22H,1-4H3;7-10,22H,5-6H2,1-4H3,(H3,18,19,20,21);6-7H2,1-5H3,(H4,10,11,12)/b16-13+;;. The van der Waals surface area contributed by atoms with Gasteiger partial charge in [0.25, 0.3) is 0 Å². The van der Waals surface area contributed by atoms with Crippen LogP contribution < -0.4 is 51.5 Å². The zero-order chi connectivity index (χ0) is 47.3. The number of benzene rings is 3. The summed E-state index contributed by atoms with van der Waals surface area (Å²) < 4.78 is 33.7. The number of aryl methyl sites for hydroxylation is 1. The number of anilines is 3. The zero-order valence-corrected chi connectivity index (χ0v) is 40.3. The number of hydrogen-bond acceptors (Lipinski definition) is 14. The van der Waals surface area contributed by atoms with Gasteiger partial charge < -0.3 is 61.1 Å². The third kappa shape index (κ3) is 17.2. The summed E-state index contributed by atoms with van der Waals surface area (Å²) in [5.74, 6) is 4.84. The smallest absolute Gasteiger partial charge is 0.224 e. The predicted molar refractivity (Wildman–Crippen MR) is 256 cm³/mol. The molecule has 0 spiro atoms. The van der Waals surface area contributed by atoms with Gasteiger partial charge in [-0.3, -0.25) is 4.99 Å². The van der Waals surface area contributed by atoms with Crippen LogP contribution in [0.4, 0.5) is 17.5 Å². The van der Waals surface area contributed by atoms with Crippen LogP contribution in [0, 0.1) is 18.3 Å². The van der Waals surface area contributed by atoms with Gasteiger partial charge in [0.15, 0.2) is 37.3 Å². The molecule has 63 heavy (non-hydrogen) atoms. The number of guanidine groups is 1. The monoisotopic (exact) mass is 888 g/mol. The number of nitrogens with zero attached hydrogens (tertiary/aromatic N) is 4. The number of nitrogen functional groups attached to an aromatic ring is 1. The molecule has 1 heterocycles. The largest absolute Gasteiger partial charge is 0.496 e. The van der Waals surface area contributed by atoms with Crippen LogP contribution in [-0.4, -0.2) is 77.0 Å². The predicted octanol–water partition coefficient (Wildman–Crippen LogP) is 8.66. The summed E-state index contributed by atoms with van der Waals surface area (Å²) in [4.78, 5) is 12.1. The summed E-state index contributed by atoms with van der Waals surface area (Å²) in [7, 11) is 3.15. The van der Waals surface area contributed by atoms with Crippen molar-refractivity contribution in [2.24, 2.45) is 16.5 Å². The van der Waals surface area contributed by atoms with E-state index in [0.717, 1.165) is 28.1 Å². The number of ether oxygens (including phenoxy) is 5. The molecule has 0 unspecified atom stereocenters. The molecule has 0 fully saturated rings. The van der Waals surface area contributed by atoms with Crippen LogP contribution in [0.5, 0.6) is 34.5 Å². The van der Waals surface area contributed by atoms with Gasteiger partial charge in [0.05, 0.1) is 53.5 Å². The topological polar surface area (TPSA) is 240 Å². The lowest BCUT2D eigenvalue weighted by Crippen LogP contribution is -2.41. The van der Waals surface area contributed by atoms with E-state index in [1.165, 1.54) is 12.4 Å². The second-order valence-electron chi connectivity index (χ2n) is 16.3. The molecule has 0 aliphatic rings. The minimum absolute atomic E-state index is 0.0115. The number of hydrogen-bond donors (Lipinski definition) is 6. The van der Waals surface area contributed by atoms with Crippen LogP contribution >= 0.6 is 0 Å². The molecule has 0 amide bonds. The molecule has 3 aromatic carbocycles. The minimum Gasteiger partial charge on any atom is -0.496 e. The highest BCUT2D eigenvalue weighted by molar-refractivity contribution is 6.74. The Hall–Kier alpha value is -6.22. The fourth-order valence-electron chi connectivity index (χ4n) is 5.28. The number of rotatable bonds is 18. The van der Waals surface area contributed by atoms with E-state index in [1.807, 2.05) is 69.3 Å². The van der Waals surface area contributed by atoms with Gasteiger partial charge in [-0.15, -0.1) is 0 Å². The number of aliphatic imine (C=N–C) groups is 1. The van der Waals surface area contributed by atoms with Gasteiger partial charge in [0.2, 0.25) is 11.7 Å². The van der Waals surface area contributed by atoms with E-state index in [0.29, 0.717) is 54.4 Å². The Bertz CT molecular complexity index is 2130. The van der Waals surface area contributed by atoms with E-state index in [4.69, 9.17) is 50.4 Å². The van der Waals surface area contributed by atoms with Gasteiger partial charge in [-0.2, -0.15) is 10.2 Å². The second kappa shape index (κ2) is 25.6. The highest BCUT2D eigenvalue weighted by atomic mass is 28.4. The Morgan fingerprint density at radius 1 is 0.889 bits per heavy atom. The third-order valence-corrected chi connectivity index (χ3v) is 14.4. The van der Waals surface area contributed by atoms with E-state index in [1.54, 1.807) is 27.4 Å². The maximum atomic E-state index is 9.38. The Kier molecular flexibility index (Phi) is 21.5. The SMILES string of the molecule is CC(C)(C)[Si](C)(C)OCCN=C(N)N.COc1cc(O/C(C#N)=C/Nc2ccccc2)c(C(C)C)cc1OC.COc1cc(Oc2cnc(NCCO)nc2N)c(C(C)C)cc1C. The maximum Gasteiger partial charge on any atom is 0.224 e. The molecule has 9 N–H and O–H groups in total. The van der Waals surface area contributed by atoms with Crippen LogP contribution in [0.2, 0.25) is 18.1 Å². The molecular formula is C46H69N9O7Si. The summed E-state index contributed by atoms with van der Waals surface area (Å²) in [5, 5.41) is 24.3. The fourth-order valence-corrected chi connectivity index (χ4v) is 6.31. The van der Waals surface area contributed by atoms with Gasteiger partial charge in [-0.25, -0.2) is 4.98 Å². The van der Waals surface area contributed by atoms with Crippen molar-refractivity contribution in [3.8, 4) is 40.6 Å². The summed E-state index contributed by atoms with van der Waals surface area (Å²) in [6, 6.07) is 19.1. The van der Waals surface area contributed by atoms with Crippen molar-refractivity contribution in [1.82, 2.24) is 9.97 Å². The molecule has 0 aliphatic carbocycles. The number of para-hydroxylation sites is 1. The Morgan fingerprint density at radius 2 is 1.48 bits per heavy atom. The molecule has 1 aromatic heterocycles.